The second kappa shape index (κ2) is 11.8. The van der Waals surface area contributed by atoms with Crippen molar-refractivity contribution in [3.8, 4) is 11.3 Å². The summed E-state index contributed by atoms with van der Waals surface area (Å²) in [6, 6.07) is 17.2. The minimum Gasteiger partial charge on any atom is -0.324 e. The van der Waals surface area contributed by atoms with Crippen LogP contribution in [0.2, 0.25) is 0 Å². The number of aryl methyl sites for hydroxylation is 1. The Balaban J connectivity index is 1.26. The highest BCUT2D eigenvalue weighted by Gasteiger charge is 2.16. The number of hydrogen-bond acceptors (Lipinski definition) is 7. The van der Waals surface area contributed by atoms with Gasteiger partial charge in [-0.15, -0.1) is 0 Å². The minimum absolute atomic E-state index is 0.165. The second-order valence-electron chi connectivity index (χ2n) is 9.50. The van der Waals surface area contributed by atoms with E-state index in [1.807, 2.05) is 61.5 Å². The molecule has 0 unspecified atom stereocenters. The lowest BCUT2D eigenvalue weighted by molar-refractivity contribution is 0.102. The molecule has 1 aliphatic heterocycles. The fraction of sp³-hybridized carbons (Fsp3) is 0.241. The van der Waals surface area contributed by atoms with Gasteiger partial charge in [0.2, 0.25) is 5.95 Å². The van der Waals surface area contributed by atoms with Crippen LogP contribution in [0.25, 0.3) is 11.3 Å². The molecule has 3 heterocycles. The maximum absolute atomic E-state index is 13.1. The van der Waals surface area contributed by atoms with Crippen molar-refractivity contribution < 1.29 is 4.79 Å². The van der Waals surface area contributed by atoms with E-state index in [0.29, 0.717) is 17.2 Å². The number of likely N-dealkylation sites (N-methyl/N-ethyl adjacent to an activating group) is 1. The summed E-state index contributed by atoms with van der Waals surface area (Å²) in [6.45, 7) is 7.12. The Kier molecular flexibility index (Phi) is 8.07. The number of benzene rings is 2. The van der Waals surface area contributed by atoms with Gasteiger partial charge in [0, 0.05) is 78.3 Å². The van der Waals surface area contributed by atoms with Gasteiger partial charge in [-0.25, -0.2) is 9.97 Å². The molecule has 2 aromatic carbocycles. The van der Waals surface area contributed by atoms with E-state index in [1.165, 1.54) is 5.56 Å². The predicted molar refractivity (Wildman–Crippen MR) is 155 cm³/mol. The zero-order valence-electron chi connectivity index (χ0n) is 21.5. The molecule has 5 rings (SSSR count). The van der Waals surface area contributed by atoms with Gasteiger partial charge < -0.3 is 15.5 Å². The van der Waals surface area contributed by atoms with Gasteiger partial charge in [0.1, 0.15) is 0 Å². The van der Waals surface area contributed by atoms with E-state index in [2.05, 4.69) is 58.4 Å². The Morgan fingerprint density at radius 3 is 2.63 bits per heavy atom. The monoisotopic (exact) mass is 571 g/mol. The first-order valence-corrected chi connectivity index (χ1v) is 13.4. The molecule has 4 aromatic rings. The summed E-state index contributed by atoms with van der Waals surface area (Å²) in [7, 11) is 2.16. The molecule has 1 fully saturated rings. The average Bonchev–Trinajstić information content (AvgIpc) is 2.93. The fourth-order valence-corrected chi connectivity index (χ4v) is 4.82. The van der Waals surface area contributed by atoms with Crippen LogP contribution in [-0.4, -0.2) is 63.9 Å². The Labute approximate surface area is 231 Å². The summed E-state index contributed by atoms with van der Waals surface area (Å²) in [6.07, 6.45) is 5.21. The first-order chi connectivity index (χ1) is 18.4. The standard InChI is InChI=1S/C29H30BrN7O/c1-20-5-8-24(17-27(20)35-29-32-11-9-26(34-29)22-4-3-10-31-18-22)33-28(38)21-6-7-23(25(30)16-21)19-37-14-12-36(2)13-15-37/h3-11,16-18H,12-15,19H2,1-2H3,(H,33,38)(H,32,34,35). The summed E-state index contributed by atoms with van der Waals surface area (Å²) >= 11 is 3.68. The van der Waals surface area contributed by atoms with Crippen molar-refractivity contribution in [3.63, 3.8) is 0 Å². The highest BCUT2D eigenvalue weighted by atomic mass is 79.9. The lowest BCUT2D eigenvalue weighted by atomic mass is 10.1. The summed E-state index contributed by atoms with van der Waals surface area (Å²) in [5.41, 5.74) is 5.98. The molecular formula is C29H30BrN7O. The maximum Gasteiger partial charge on any atom is 0.255 e. The van der Waals surface area contributed by atoms with E-state index in [4.69, 9.17) is 0 Å². The molecule has 0 atom stereocenters. The number of anilines is 3. The molecule has 0 radical (unpaired) electrons. The summed E-state index contributed by atoms with van der Waals surface area (Å²) in [4.78, 5) is 31.0. The van der Waals surface area contributed by atoms with E-state index >= 15 is 0 Å². The van der Waals surface area contributed by atoms with Crippen molar-refractivity contribution in [2.75, 3.05) is 43.9 Å². The Hall–Kier alpha value is -3.66. The summed E-state index contributed by atoms with van der Waals surface area (Å²) in [5.74, 6) is 0.305. The van der Waals surface area contributed by atoms with Crippen LogP contribution in [0.1, 0.15) is 21.5 Å². The number of nitrogens with one attached hydrogen (secondary N) is 2. The normalized spacial score (nSPS) is 14.3. The van der Waals surface area contributed by atoms with Crippen LogP contribution < -0.4 is 10.6 Å². The number of halogens is 1. The molecule has 1 aliphatic rings. The highest BCUT2D eigenvalue weighted by Crippen LogP contribution is 2.26. The molecule has 2 N–H and O–H groups in total. The van der Waals surface area contributed by atoms with Crippen molar-refractivity contribution in [3.05, 3.63) is 94.4 Å². The predicted octanol–water partition coefficient (Wildman–Crippen LogP) is 5.35. The van der Waals surface area contributed by atoms with E-state index in [9.17, 15) is 4.79 Å². The van der Waals surface area contributed by atoms with Gasteiger partial charge in [0.15, 0.2) is 0 Å². The molecule has 0 saturated carbocycles. The van der Waals surface area contributed by atoms with Gasteiger partial charge in [0.25, 0.3) is 5.91 Å². The average molecular weight is 573 g/mol. The SMILES string of the molecule is Cc1ccc(NC(=O)c2ccc(CN3CCN(C)CC3)c(Br)c2)cc1Nc1nccc(-c2cccnc2)n1. The van der Waals surface area contributed by atoms with Gasteiger partial charge in [-0.3, -0.25) is 14.7 Å². The number of aromatic nitrogens is 3. The van der Waals surface area contributed by atoms with Gasteiger partial charge in [-0.05, 0) is 67.6 Å². The third-order valence-corrected chi connectivity index (χ3v) is 7.40. The number of carbonyl (C=O) groups excluding carboxylic acids is 1. The highest BCUT2D eigenvalue weighted by molar-refractivity contribution is 9.10. The molecule has 9 heteroatoms. The van der Waals surface area contributed by atoms with E-state index in [-0.39, 0.29) is 5.91 Å². The van der Waals surface area contributed by atoms with Gasteiger partial charge >= 0.3 is 0 Å². The lowest BCUT2D eigenvalue weighted by Crippen LogP contribution is -2.43. The number of carbonyl (C=O) groups is 1. The second-order valence-corrected chi connectivity index (χ2v) is 10.4. The van der Waals surface area contributed by atoms with Crippen molar-refractivity contribution in [2.24, 2.45) is 0 Å². The largest absolute Gasteiger partial charge is 0.324 e. The maximum atomic E-state index is 13.1. The van der Waals surface area contributed by atoms with Crippen LogP contribution in [0.15, 0.2) is 77.7 Å². The number of nitrogens with zero attached hydrogens (tertiary/aromatic N) is 5. The molecule has 38 heavy (non-hydrogen) atoms. The van der Waals surface area contributed by atoms with E-state index < -0.39 is 0 Å². The van der Waals surface area contributed by atoms with Gasteiger partial charge in [-0.2, -0.15) is 0 Å². The molecule has 1 amide bonds. The molecular weight excluding hydrogens is 542 g/mol. The Morgan fingerprint density at radius 1 is 1.03 bits per heavy atom. The molecule has 194 valence electrons. The third-order valence-electron chi connectivity index (χ3n) is 6.66. The van der Waals surface area contributed by atoms with Crippen LogP contribution in [0, 0.1) is 6.92 Å². The molecule has 8 nitrogen and oxygen atoms in total. The van der Waals surface area contributed by atoms with Crippen LogP contribution in [0.4, 0.5) is 17.3 Å². The van der Waals surface area contributed by atoms with Gasteiger partial charge in [0.05, 0.1) is 5.69 Å². The van der Waals surface area contributed by atoms with Crippen LogP contribution in [-0.2, 0) is 6.54 Å². The summed E-state index contributed by atoms with van der Waals surface area (Å²) in [5, 5.41) is 6.30. The topological polar surface area (TPSA) is 86.3 Å². The third kappa shape index (κ3) is 6.42. The Morgan fingerprint density at radius 2 is 1.87 bits per heavy atom. The van der Waals surface area contributed by atoms with Crippen LogP contribution >= 0.6 is 15.9 Å². The number of piperazine rings is 1. The van der Waals surface area contributed by atoms with Crippen LogP contribution in [0.3, 0.4) is 0 Å². The zero-order valence-corrected chi connectivity index (χ0v) is 23.1. The number of rotatable bonds is 7. The quantitative estimate of drug-likeness (QED) is 0.309. The molecule has 0 bridgehead atoms. The fourth-order valence-electron chi connectivity index (χ4n) is 4.32. The smallest absolute Gasteiger partial charge is 0.255 e. The Bertz CT molecular complexity index is 1420. The molecule has 1 saturated heterocycles. The van der Waals surface area contributed by atoms with Gasteiger partial charge in [-0.1, -0.05) is 28.1 Å². The number of pyridine rings is 1. The minimum atomic E-state index is -0.165. The lowest BCUT2D eigenvalue weighted by Gasteiger charge is -2.32. The number of amides is 1. The van der Waals surface area contributed by atoms with Crippen molar-refractivity contribution >= 4 is 39.2 Å². The molecule has 2 aromatic heterocycles. The summed E-state index contributed by atoms with van der Waals surface area (Å²) < 4.78 is 0.945. The van der Waals surface area contributed by atoms with Crippen molar-refractivity contribution in [2.45, 2.75) is 13.5 Å². The van der Waals surface area contributed by atoms with Crippen LogP contribution in [0.5, 0.6) is 0 Å². The first kappa shape index (κ1) is 26.0. The van der Waals surface area contributed by atoms with E-state index in [1.54, 1.807) is 18.6 Å². The molecule has 0 spiro atoms. The molecule has 0 aliphatic carbocycles. The van der Waals surface area contributed by atoms with Crippen molar-refractivity contribution in [1.82, 2.24) is 24.8 Å². The number of hydrogen-bond donors (Lipinski definition) is 2. The first-order valence-electron chi connectivity index (χ1n) is 12.6. The van der Waals surface area contributed by atoms with Crippen molar-refractivity contribution in [1.29, 1.82) is 0 Å². The van der Waals surface area contributed by atoms with E-state index in [0.717, 1.165) is 59.7 Å². The zero-order chi connectivity index (χ0) is 26.5.